The summed E-state index contributed by atoms with van der Waals surface area (Å²) >= 11 is 0. The first-order valence-corrected chi connectivity index (χ1v) is 8.33. The van der Waals surface area contributed by atoms with E-state index in [0.717, 1.165) is 18.6 Å². The molecule has 2 bridgehead atoms. The molecule has 0 spiro atoms. The second-order valence-corrected chi connectivity index (χ2v) is 6.68. The topological polar surface area (TPSA) is 41.6 Å². The highest BCUT2D eigenvalue weighted by Crippen LogP contribution is 2.29. The Labute approximate surface area is 145 Å². The fraction of sp³-hybridized carbons (Fsp3) is 0.611. The van der Waals surface area contributed by atoms with E-state index in [1.54, 1.807) is 0 Å². The van der Waals surface area contributed by atoms with Crippen molar-refractivity contribution in [1.82, 2.24) is 10.2 Å². The van der Waals surface area contributed by atoms with Crippen molar-refractivity contribution in [1.29, 1.82) is 0 Å². The Hall–Kier alpha value is -1.26. The molecule has 23 heavy (non-hydrogen) atoms. The van der Waals surface area contributed by atoms with Crippen molar-refractivity contribution >= 4 is 18.3 Å². The molecule has 2 unspecified atom stereocenters. The molecule has 0 aliphatic carbocycles. The molecule has 2 atom stereocenters. The van der Waals surface area contributed by atoms with Crippen molar-refractivity contribution < 1.29 is 9.53 Å². The van der Waals surface area contributed by atoms with Crippen LogP contribution in [0.2, 0.25) is 0 Å². The third-order valence-electron chi connectivity index (χ3n) is 4.96. The molecule has 1 aromatic carbocycles. The van der Waals surface area contributed by atoms with Gasteiger partial charge in [0.1, 0.15) is 5.75 Å². The maximum absolute atomic E-state index is 12.4. The van der Waals surface area contributed by atoms with Crippen LogP contribution in [0.3, 0.4) is 0 Å². The minimum atomic E-state index is 0. The molecular formula is C18H27ClN2O2. The van der Waals surface area contributed by atoms with E-state index in [-0.39, 0.29) is 18.3 Å². The van der Waals surface area contributed by atoms with E-state index in [9.17, 15) is 4.79 Å². The first-order chi connectivity index (χ1) is 10.6. The number of fused-ring (bicyclic) bond motifs is 2. The van der Waals surface area contributed by atoms with Gasteiger partial charge >= 0.3 is 0 Å². The summed E-state index contributed by atoms with van der Waals surface area (Å²) in [6, 6.07) is 9.57. The van der Waals surface area contributed by atoms with Crippen molar-refractivity contribution in [2.75, 3.05) is 13.7 Å². The van der Waals surface area contributed by atoms with Gasteiger partial charge in [0.25, 0.3) is 0 Å². The van der Waals surface area contributed by atoms with Gasteiger partial charge in [0.2, 0.25) is 5.91 Å². The highest BCUT2D eigenvalue weighted by atomic mass is 35.5. The lowest BCUT2D eigenvalue weighted by molar-refractivity contribution is -0.133. The lowest BCUT2D eigenvalue weighted by Crippen LogP contribution is -2.48. The van der Waals surface area contributed by atoms with Gasteiger partial charge in [0.15, 0.2) is 0 Å². The Kier molecular flexibility index (Phi) is 6.31. The molecule has 0 aromatic heterocycles. The maximum Gasteiger partial charge on any atom is 0.225 e. The smallest absolute Gasteiger partial charge is 0.225 e. The fourth-order valence-corrected chi connectivity index (χ4v) is 3.68. The van der Waals surface area contributed by atoms with Crippen molar-refractivity contribution in [3.8, 4) is 5.75 Å². The summed E-state index contributed by atoms with van der Waals surface area (Å²) in [4.78, 5) is 14.3. The minimum Gasteiger partial charge on any atom is -0.493 e. The summed E-state index contributed by atoms with van der Waals surface area (Å²) in [6.45, 7) is 2.49. The first-order valence-electron chi connectivity index (χ1n) is 8.33. The molecule has 2 saturated heterocycles. The fourth-order valence-electron chi connectivity index (χ4n) is 3.68. The summed E-state index contributed by atoms with van der Waals surface area (Å²) in [5.41, 5.74) is 1.17. The van der Waals surface area contributed by atoms with Crippen LogP contribution >= 0.6 is 12.4 Å². The van der Waals surface area contributed by atoms with E-state index in [1.807, 2.05) is 43.1 Å². The molecule has 0 radical (unpaired) electrons. The standard InChI is InChI=1S/C18H26N2O2.ClH/c1-13-4-3-5-17(10-13)22-9-8-18(21)20(2)16-11-14-6-7-15(12-16)19-14;/h3-5,10,14-16,19H,6-9,11-12H2,1-2H3;1H. The summed E-state index contributed by atoms with van der Waals surface area (Å²) in [5.74, 6) is 1.04. The molecule has 1 aromatic rings. The van der Waals surface area contributed by atoms with E-state index in [1.165, 1.54) is 18.4 Å². The Balaban J connectivity index is 0.00000192. The number of nitrogens with one attached hydrogen (secondary N) is 1. The number of carbonyl (C=O) groups is 1. The largest absolute Gasteiger partial charge is 0.493 e. The number of hydrogen-bond donors (Lipinski definition) is 1. The third-order valence-corrected chi connectivity index (χ3v) is 4.96. The molecule has 1 amide bonds. The zero-order valence-corrected chi connectivity index (χ0v) is 14.8. The molecule has 2 heterocycles. The van der Waals surface area contributed by atoms with Crippen LogP contribution in [0.15, 0.2) is 24.3 Å². The number of halogens is 1. The third kappa shape index (κ3) is 4.61. The van der Waals surface area contributed by atoms with Crippen LogP contribution in [-0.4, -0.2) is 42.6 Å². The lowest BCUT2D eigenvalue weighted by Gasteiger charge is -2.35. The predicted molar refractivity (Wildman–Crippen MR) is 94.3 cm³/mol. The van der Waals surface area contributed by atoms with E-state index < -0.39 is 0 Å². The normalized spacial score (nSPS) is 25.6. The van der Waals surface area contributed by atoms with Gasteiger partial charge in [-0.3, -0.25) is 4.79 Å². The van der Waals surface area contributed by atoms with Crippen LogP contribution in [0, 0.1) is 6.92 Å². The molecule has 2 aliphatic heterocycles. The maximum atomic E-state index is 12.4. The number of rotatable bonds is 5. The van der Waals surface area contributed by atoms with Crippen molar-refractivity contribution in [2.24, 2.45) is 0 Å². The number of benzene rings is 1. The van der Waals surface area contributed by atoms with E-state index in [4.69, 9.17) is 4.74 Å². The molecule has 0 saturated carbocycles. The van der Waals surface area contributed by atoms with Gasteiger partial charge in [-0.25, -0.2) is 0 Å². The molecule has 2 aliphatic rings. The SMILES string of the molecule is Cc1cccc(OCCC(=O)N(C)C2CC3CCC(C2)N3)c1.Cl. The second-order valence-electron chi connectivity index (χ2n) is 6.68. The number of piperidine rings is 1. The van der Waals surface area contributed by atoms with Crippen LogP contribution in [0.5, 0.6) is 5.75 Å². The summed E-state index contributed by atoms with van der Waals surface area (Å²) in [6.07, 6.45) is 5.16. The quantitative estimate of drug-likeness (QED) is 0.897. The second kappa shape index (κ2) is 8.02. The van der Waals surface area contributed by atoms with Crippen molar-refractivity contribution in [2.45, 2.75) is 57.2 Å². The zero-order chi connectivity index (χ0) is 15.5. The summed E-state index contributed by atoms with van der Waals surface area (Å²) in [5, 5.41) is 3.62. The monoisotopic (exact) mass is 338 g/mol. The van der Waals surface area contributed by atoms with Crippen LogP contribution in [-0.2, 0) is 4.79 Å². The van der Waals surface area contributed by atoms with Gasteiger partial charge in [0, 0.05) is 25.2 Å². The molecule has 128 valence electrons. The minimum absolute atomic E-state index is 0. The van der Waals surface area contributed by atoms with Gasteiger partial charge in [-0.15, -0.1) is 12.4 Å². The van der Waals surface area contributed by atoms with E-state index in [0.29, 0.717) is 31.2 Å². The van der Waals surface area contributed by atoms with E-state index >= 15 is 0 Å². The van der Waals surface area contributed by atoms with Gasteiger partial charge in [0.05, 0.1) is 13.0 Å². The van der Waals surface area contributed by atoms with Crippen molar-refractivity contribution in [3.63, 3.8) is 0 Å². The number of ether oxygens (including phenoxy) is 1. The van der Waals surface area contributed by atoms with Gasteiger partial charge in [-0.05, 0) is 50.3 Å². The van der Waals surface area contributed by atoms with Gasteiger partial charge in [-0.2, -0.15) is 0 Å². The van der Waals surface area contributed by atoms with Crippen LogP contribution in [0.25, 0.3) is 0 Å². The van der Waals surface area contributed by atoms with Crippen LogP contribution < -0.4 is 10.1 Å². The molecule has 5 heteroatoms. The zero-order valence-electron chi connectivity index (χ0n) is 14.0. The lowest BCUT2D eigenvalue weighted by atomic mass is 9.98. The molecule has 2 fully saturated rings. The average molecular weight is 339 g/mol. The number of carbonyl (C=O) groups excluding carboxylic acids is 1. The Morgan fingerprint density at radius 1 is 1.30 bits per heavy atom. The number of aryl methyl sites for hydroxylation is 1. The molecular weight excluding hydrogens is 312 g/mol. The first kappa shape index (κ1) is 18.1. The number of nitrogens with zero attached hydrogens (tertiary/aromatic N) is 1. The highest BCUT2D eigenvalue weighted by molar-refractivity contribution is 5.85. The summed E-state index contributed by atoms with van der Waals surface area (Å²) in [7, 11) is 1.95. The Bertz CT molecular complexity index is 526. The van der Waals surface area contributed by atoms with E-state index in [2.05, 4.69) is 5.32 Å². The Morgan fingerprint density at radius 3 is 2.65 bits per heavy atom. The summed E-state index contributed by atoms with van der Waals surface area (Å²) < 4.78 is 5.69. The molecule has 1 N–H and O–H groups in total. The average Bonchev–Trinajstić information content (AvgIpc) is 2.85. The van der Waals surface area contributed by atoms with Gasteiger partial charge < -0.3 is 15.0 Å². The molecule has 3 rings (SSSR count). The number of hydrogen-bond acceptors (Lipinski definition) is 3. The predicted octanol–water partition coefficient (Wildman–Crippen LogP) is 2.93. The van der Waals surface area contributed by atoms with Crippen LogP contribution in [0.4, 0.5) is 0 Å². The van der Waals surface area contributed by atoms with Crippen LogP contribution in [0.1, 0.15) is 37.7 Å². The Morgan fingerprint density at radius 2 is 2.00 bits per heavy atom. The van der Waals surface area contributed by atoms with Gasteiger partial charge in [-0.1, -0.05) is 12.1 Å². The molecule has 4 nitrogen and oxygen atoms in total. The van der Waals surface area contributed by atoms with Crippen molar-refractivity contribution in [3.05, 3.63) is 29.8 Å². The number of amides is 1. The highest BCUT2D eigenvalue weighted by Gasteiger charge is 2.36.